The van der Waals surface area contributed by atoms with E-state index in [0.717, 1.165) is 19.1 Å². The average molecular weight is 186 g/mol. The Morgan fingerprint density at radius 1 is 1.62 bits per heavy atom. The fourth-order valence-corrected chi connectivity index (χ4v) is 1.79. The van der Waals surface area contributed by atoms with E-state index < -0.39 is 5.60 Å². The summed E-state index contributed by atoms with van der Waals surface area (Å²) in [7, 11) is 1.66. The van der Waals surface area contributed by atoms with E-state index in [-0.39, 0.29) is 5.60 Å². The molecule has 0 amide bonds. The lowest BCUT2D eigenvalue weighted by Crippen LogP contribution is -2.39. The molecule has 0 bridgehead atoms. The van der Waals surface area contributed by atoms with Gasteiger partial charge in [-0.15, -0.1) is 0 Å². The van der Waals surface area contributed by atoms with Crippen LogP contribution in [0.2, 0.25) is 0 Å². The molecule has 0 N–H and O–H groups in total. The van der Waals surface area contributed by atoms with E-state index >= 15 is 0 Å². The van der Waals surface area contributed by atoms with Crippen LogP contribution < -0.4 is 0 Å². The number of hydrogen-bond donors (Lipinski definition) is 0. The van der Waals surface area contributed by atoms with Gasteiger partial charge in [0, 0.05) is 20.1 Å². The van der Waals surface area contributed by atoms with Crippen molar-refractivity contribution in [1.29, 1.82) is 0 Å². The summed E-state index contributed by atoms with van der Waals surface area (Å²) >= 11 is 0. The van der Waals surface area contributed by atoms with Crippen LogP contribution in [0, 0.1) is 0 Å². The van der Waals surface area contributed by atoms with Gasteiger partial charge in [-0.2, -0.15) is 0 Å². The highest BCUT2D eigenvalue weighted by molar-refractivity contribution is 5.63. The maximum atomic E-state index is 10.9. The quantitative estimate of drug-likeness (QED) is 0.625. The monoisotopic (exact) mass is 186 g/mol. The van der Waals surface area contributed by atoms with Crippen molar-refractivity contribution in [3.05, 3.63) is 0 Å². The first-order valence-electron chi connectivity index (χ1n) is 4.69. The van der Waals surface area contributed by atoms with Crippen LogP contribution in [0.5, 0.6) is 0 Å². The second-order valence-electron chi connectivity index (χ2n) is 4.28. The van der Waals surface area contributed by atoms with Crippen molar-refractivity contribution in [2.24, 2.45) is 0 Å². The minimum absolute atomic E-state index is 0.286. The number of ether oxygens (including phenoxy) is 2. The third kappa shape index (κ3) is 2.51. The summed E-state index contributed by atoms with van der Waals surface area (Å²) in [5.74, 6) is 0. The molecular formula is C10H18O3. The van der Waals surface area contributed by atoms with Crippen LogP contribution in [0.15, 0.2) is 0 Å². The molecule has 0 saturated carbocycles. The fourth-order valence-electron chi connectivity index (χ4n) is 1.79. The molecular weight excluding hydrogens is 168 g/mol. The van der Waals surface area contributed by atoms with Crippen LogP contribution in [0.25, 0.3) is 0 Å². The van der Waals surface area contributed by atoms with Crippen LogP contribution in [0.1, 0.15) is 33.1 Å². The zero-order chi connectivity index (χ0) is 9.95. The van der Waals surface area contributed by atoms with Crippen LogP contribution in [-0.4, -0.2) is 31.2 Å². The zero-order valence-electron chi connectivity index (χ0n) is 8.63. The van der Waals surface area contributed by atoms with E-state index in [1.165, 1.54) is 0 Å². The molecule has 1 rings (SSSR count). The van der Waals surface area contributed by atoms with Crippen LogP contribution in [0.3, 0.4) is 0 Å². The first kappa shape index (κ1) is 10.7. The Kier molecular flexibility index (Phi) is 3.09. The zero-order valence-corrected chi connectivity index (χ0v) is 8.63. The van der Waals surface area contributed by atoms with Crippen molar-refractivity contribution >= 4 is 6.29 Å². The summed E-state index contributed by atoms with van der Waals surface area (Å²) < 4.78 is 10.8. The molecule has 0 radical (unpaired) electrons. The molecule has 0 aromatic rings. The molecule has 0 aromatic heterocycles. The topological polar surface area (TPSA) is 35.5 Å². The molecule has 0 spiro atoms. The minimum Gasteiger partial charge on any atom is -0.379 e. The van der Waals surface area contributed by atoms with E-state index in [4.69, 9.17) is 9.47 Å². The van der Waals surface area contributed by atoms with Crippen molar-refractivity contribution in [2.75, 3.05) is 13.7 Å². The molecule has 1 fully saturated rings. The molecule has 3 nitrogen and oxygen atoms in total. The summed E-state index contributed by atoms with van der Waals surface area (Å²) in [5, 5.41) is 0. The van der Waals surface area contributed by atoms with E-state index in [9.17, 15) is 4.79 Å². The lowest BCUT2D eigenvalue weighted by molar-refractivity contribution is -0.134. The van der Waals surface area contributed by atoms with Gasteiger partial charge < -0.3 is 14.3 Å². The van der Waals surface area contributed by atoms with Crippen molar-refractivity contribution in [3.8, 4) is 0 Å². The highest BCUT2D eigenvalue weighted by Crippen LogP contribution is 2.32. The molecule has 13 heavy (non-hydrogen) atoms. The van der Waals surface area contributed by atoms with E-state index in [0.29, 0.717) is 13.0 Å². The molecule has 1 heterocycles. The van der Waals surface area contributed by atoms with Gasteiger partial charge in [0.1, 0.15) is 5.60 Å². The lowest BCUT2D eigenvalue weighted by Gasteiger charge is -2.31. The van der Waals surface area contributed by atoms with E-state index in [2.05, 4.69) is 0 Å². The Hall–Kier alpha value is -0.410. The fraction of sp³-hybridized carbons (Fsp3) is 0.900. The Morgan fingerprint density at radius 2 is 2.31 bits per heavy atom. The van der Waals surface area contributed by atoms with Gasteiger partial charge in [0.25, 0.3) is 0 Å². The molecule has 0 aliphatic carbocycles. The minimum atomic E-state index is -0.584. The molecule has 1 aliphatic heterocycles. The van der Waals surface area contributed by atoms with E-state index in [1.54, 1.807) is 7.11 Å². The normalized spacial score (nSPS) is 29.2. The van der Waals surface area contributed by atoms with Gasteiger partial charge in [0.15, 0.2) is 6.29 Å². The second kappa shape index (κ2) is 3.76. The summed E-state index contributed by atoms with van der Waals surface area (Å²) in [5.41, 5.74) is -0.870. The molecule has 1 unspecified atom stereocenters. The number of aldehydes is 1. The van der Waals surface area contributed by atoms with Crippen molar-refractivity contribution in [3.63, 3.8) is 0 Å². The number of hydrogen-bond acceptors (Lipinski definition) is 3. The van der Waals surface area contributed by atoms with Crippen LogP contribution >= 0.6 is 0 Å². The summed E-state index contributed by atoms with van der Waals surface area (Å²) in [6, 6.07) is 0. The first-order chi connectivity index (χ1) is 6.04. The molecule has 1 atom stereocenters. The lowest BCUT2D eigenvalue weighted by atomic mass is 9.88. The van der Waals surface area contributed by atoms with Gasteiger partial charge in [-0.1, -0.05) is 0 Å². The summed E-state index contributed by atoms with van der Waals surface area (Å²) in [4.78, 5) is 10.9. The molecule has 1 aliphatic rings. The van der Waals surface area contributed by atoms with Gasteiger partial charge in [0.2, 0.25) is 0 Å². The number of carbonyl (C=O) groups excluding carboxylic acids is 1. The first-order valence-corrected chi connectivity index (χ1v) is 4.69. The Morgan fingerprint density at radius 3 is 2.69 bits per heavy atom. The largest absolute Gasteiger partial charge is 0.379 e. The summed E-state index contributed by atoms with van der Waals surface area (Å²) in [6.07, 6.45) is 3.36. The Balaban J connectivity index is 2.63. The summed E-state index contributed by atoms with van der Waals surface area (Å²) in [6.45, 7) is 4.64. The standard InChI is InChI=1S/C10H18O3/c1-9(2,12-3)7-10(8-11)5-4-6-13-10/h8H,4-7H2,1-3H3. The van der Waals surface area contributed by atoms with Gasteiger partial charge in [0.05, 0.1) is 5.60 Å². The number of carbonyl (C=O) groups is 1. The number of rotatable bonds is 4. The number of methoxy groups -OCH3 is 1. The molecule has 0 aromatic carbocycles. The van der Waals surface area contributed by atoms with Crippen molar-refractivity contribution in [1.82, 2.24) is 0 Å². The maximum Gasteiger partial charge on any atom is 0.151 e. The maximum absolute atomic E-state index is 10.9. The highest BCUT2D eigenvalue weighted by Gasteiger charge is 2.40. The van der Waals surface area contributed by atoms with Gasteiger partial charge in [-0.25, -0.2) is 0 Å². The molecule has 3 heteroatoms. The second-order valence-corrected chi connectivity index (χ2v) is 4.28. The predicted molar refractivity (Wildman–Crippen MR) is 49.7 cm³/mol. The Bertz CT molecular complexity index is 181. The average Bonchev–Trinajstić information content (AvgIpc) is 2.53. The third-order valence-corrected chi connectivity index (χ3v) is 2.63. The SMILES string of the molecule is COC(C)(C)CC1(C=O)CCCO1. The van der Waals surface area contributed by atoms with Crippen LogP contribution in [0.4, 0.5) is 0 Å². The van der Waals surface area contributed by atoms with E-state index in [1.807, 2.05) is 13.8 Å². The Labute approximate surface area is 79.4 Å². The van der Waals surface area contributed by atoms with Crippen molar-refractivity contribution in [2.45, 2.75) is 44.3 Å². The molecule has 1 saturated heterocycles. The smallest absolute Gasteiger partial charge is 0.151 e. The highest BCUT2D eigenvalue weighted by atomic mass is 16.5. The van der Waals surface area contributed by atoms with Gasteiger partial charge in [-0.3, -0.25) is 0 Å². The third-order valence-electron chi connectivity index (χ3n) is 2.63. The predicted octanol–water partition coefficient (Wildman–Crippen LogP) is 1.55. The van der Waals surface area contributed by atoms with Crippen LogP contribution in [-0.2, 0) is 14.3 Å². The van der Waals surface area contributed by atoms with Crippen molar-refractivity contribution < 1.29 is 14.3 Å². The van der Waals surface area contributed by atoms with Gasteiger partial charge >= 0.3 is 0 Å². The molecule has 76 valence electrons. The van der Waals surface area contributed by atoms with Gasteiger partial charge in [-0.05, 0) is 26.7 Å².